The number of phosphoric acid groups is 1. The van der Waals surface area contributed by atoms with Crippen LogP contribution >= 0.6 is 7.82 Å². The third-order valence-electron chi connectivity index (χ3n) is 5.21. The van der Waals surface area contributed by atoms with Crippen LogP contribution in [0.3, 0.4) is 0 Å². The van der Waals surface area contributed by atoms with Crippen LogP contribution in [-0.2, 0) is 9.09 Å². The summed E-state index contributed by atoms with van der Waals surface area (Å²) in [6.45, 7) is 4.67. The van der Waals surface area contributed by atoms with E-state index in [1.54, 1.807) is 0 Å². The molecule has 6 heteroatoms. The van der Waals surface area contributed by atoms with Crippen molar-refractivity contribution in [3.05, 3.63) is 0 Å². The average Bonchev–Trinajstić information content (AvgIpc) is 2.51. The first-order valence-electron chi connectivity index (χ1n) is 11.5. The van der Waals surface area contributed by atoms with Gasteiger partial charge in [-0.05, 0) is 13.3 Å². The molecule has 2 N–H and O–H groups in total. The first-order chi connectivity index (χ1) is 13.0. The Morgan fingerprint density at radius 1 is 0.750 bits per heavy atom. The monoisotopic (exact) mass is 422 g/mol. The van der Waals surface area contributed by atoms with Gasteiger partial charge in [-0.2, -0.15) is 0 Å². The van der Waals surface area contributed by atoms with Gasteiger partial charge in [-0.25, -0.2) is 4.57 Å². The van der Waals surface area contributed by atoms with Crippen molar-refractivity contribution >= 4 is 7.82 Å². The second-order valence-corrected chi connectivity index (χ2v) is 11.0. The molecule has 1 unspecified atom stereocenters. The lowest BCUT2D eigenvalue weighted by Crippen LogP contribution is -2.48. The molecular weight excluding hydrogens is 373 g/mol. The number of quaternary nitrogens is 1. The van der Waals surface area contributed by atoms with E-state index in [1.165, 1.54) is 77.0 Å². The highest BCUT2D eigenvalue weighted by atomic mass is 31.2. The molecule has 0 aliphatic rings. The molecule has 0 amide bonds. The molecule has 170 valence electrons. The Labute approximate surface area is 175 Å². The summed E-state index contributed by atoms with van der Waals surface area (Å²) in [6, 6.07) is 0. The molecule has 0 aromatic heterocycles. The van der Waals surface area contributed by atoms with Crippen molar-refractivity contribution < 1.29 is 23.4 Å². The van der Waals surface area contributed by atoms with Gasteiger partial charge in [0, 0.05) is 0 Å². The molecule has 0 heterocycles. The fourth-order valence-electron chi connectivity index (χ4n) is 4.14. The Kier molecular flexibility index (Phi) is 15.0. The fraction of sp³-hybridized carbons (Fsp3) is 1.00. The number of phosphoric ester groups is 1. The van der Waals surface area contributed by atoms with Crippen LogP contribution in [-0.4, -0.2) is 47.6 Å². The second kappa shape index (κ2) is 15.0. The Balaban J connectivity index is 3.76. The highest BCUT2D eigenvalue weighted by Gasteiger charge is 2.37. The maximum atomic E-state index is 11.3. The van der Waals surface area contributed by atoms with Gasteiger partial charge in [0.25, 0.3) is 0 Å². The minimum atomic E-state index is -4.47. The average molecular weight is 423 g/mol. The number of unbranched alkanes of at least 4 members (excludes halogenated alkanes) is 13. The van der Waals surface area contributed by atoms with Gasteiger partial charge >= 0.3 is 7.82 Å². The van der Waals surface area contributed by atoms with E-state index >= 15 is 0 Å². The van der Waals surface area contributed by atoms with Crippen LogP contribution in [0.2, 0.25) is 0 Å². The fourth-order valence-corrected chi connectivity index (χ4v) is 4.86. The zero-order valence-corrected chi connectivity index (χ0v) is 20.3. The third kappa shape index (κ3) is 19.4. The summed E-state index contributed by atoms with van der Waals surface area (Å²) in [5.74, 6) is 0. The molecule has 0 rings (SSSR count). The number of likely N-dealkylation sites (N-methyl/N-ethyl adjacent to an activating group) is 1. The van der Waals surface area contributed by atoms with Crippen molar-refractivity contribution in [2.24, 2.45) is 0 Å². The van der Waals surface area contributed by atoms with E-state index in [-0.39, 0.29) is 0 Å². The molecule has 5 nitrogen and oxygen atoms in total. The molecule has 0 saturated heterocycles. The molecular formula is C22H49NO4P+. The SMILES string of the molecule is CCCCCCCCCCCCCCCCC(C)(C[N+](C)(C)C)OP(=O)(O)O. The van der Waals surface area contributed by atoms with Crippen molar-refractivity contribution in [2.45, 2.75) is 116 Å². The number of nitrogens with zero attached hydrogens (tertiary/aromatic N) is 1. The standard InChI is InChI=1S/C22H48NO4P/c1-6-7-8-9-10-11-12-13-14-15-16-17-18-19-20-22(2,21-23(3,4)5)27-28(24,25)26/h6-21H2,1-5H3,(H-,24,25,26)/p+1. The van der Waals surface area contributed by atoms with Gasteiger partial charge in [0.1, 0.15) is 12.1 Å². The van der Waals surface area contributed by atoms with Crippen molar-refractivity contribution in [1.29, 1.82) is 0 Å². The molecule has 0 saturated carbocycles. The predicted octanol–water partition coefficient (Wildman–Crippen LogP) is 6.43. The van der Waals surface area contributed by atoms with Crippen LogP contribution in [0.4, 0.5) is 0 Å². The topological polar surface area (TPSA) is 66.8 Å². The van der Waals surface area contributed by atoms with Gasteiger partial charge < -0.3 is 14.3 Å². The number of rotatable bonds is 19. The Hall–Kier alpha value is 0.0700. The van der Waals surface area contributed by atoms with E-state index in [1.807, 2.05) is 28.1 Å². The minimum Gasteiger partial charge on any atom is -0.329 e. The molecule has 0 fully saturated rings. The van der Waals surface area contributed by atoms with Crippen molar-refractivity contribution in [2.75, 3.05) is 27.7 Å². The van der Waals surface area contributed by atoms with E-state index < -0.39 is 13.4 Å². The van der Waals surface area contributed by atoms with E-state index in [0.717, 1.165) is 12.8 Å². The molecule has 0 aromatic rings. The lowest BCUT2D eigenvalue weighted by atomic mass is 9.96. The van der Waals surface area contributed by atoms with E-state index in [9.17, 15) is 14.4 Å². The first-order valence-corrected chi connectivity index (χ1v) is 13.1. The van der Waals surface area contributed by atoms with E-state index in [4.69, 9.17) is 4.52 Å². The van der Waals surface area contributed by atoms with E-state index in [2.05, 4.69) is 6.92 Å². The lowest BCUT2D eigenvalue weighted by molar-refractivity contribution is -0.876. The second-order valence-electron chi connectivity index (χ2n) is 9.83. The third-order valence-corrected chi connectivity index (χ3v) is 5.89. The van der Waals surface area contributed by atoms with Crippen LogP contribution in [0.1, 0.15) is 110 Å². The van der Waals surface area contributed by atoms with Gasteiger partial charge in [0.15, 0.2) is 0 Å². The molecule has 0 aromatic carbocycles. The lowest BCUT2D eigenvalue weighted by Gasteiger charge is -2.36. The number of hydrogen-bond acceptors (Lipinski definition) is 2. The summed E-state index contributed by atoms with van der Waals surface area (Å²) in [5.41, 5.74) is -0.783. The molecule has 1 atom stereocenters. The zero-order chi connectivity index (χ0) is 21.5. The van der Waals surface area contributed by atoms with Gasteiger partial charge in [-0.1, -0.05) is 96.8 Å². The predicted molar refractivity (Wildman–Crippen MR) is 119 cm³/mol. The minimum absolute atomic E-state index is 0.580. The normalized spacial score (nSPS) is 15.0. The Bertz CT molecular complexity index is 419. The maximum absolute atomic E-state index is 11.3. The van der Waals surface area contributed by atoms with Crippen LogP contribution in [0.15, 0.2) is 0 Å². The molecule has 0 bridgehead atoms. The van der Waals surface area contributed by atoms with Crippen LogP contribution in [0, 0.1) is 0 Å². The van der Waals surface area contributed by atoms with Gasteiger partial charge in [-0.15, -0.1) is 0 Å². The van der Waals surface area contributed by atoms with E-state index in [0.29, 0.717) is 17.4 Å². The van der Waals surface area contributed by atoms with Gasteiger partial charge in [0.2, 0.25) is 0 Å². The van der Waals surface area contributed by atoms with Crippen LogP contribution in [0.5, 0.6) is 0 Å². The smallest absolute Gasteiger partial charge is 0.329 e. The molecule has 28 heavy (non-hydrogen) atoms. The molecule has 0 radical (unpaired) electrons. The largest absolute Gasteiger partial charge is 0.470 e. The molecule has 0 aliphatic heterocycles. The van der Waals surface area contributed by atoms with Gasteiger partial charge in [0.05, 0.1) is 21.1 Å². The zero-order valence-electron chi connectivity index (χ0n) is 19.4. The van der Waals surface area contributed by atoms with Crippen molar-refractivity contribution in [1.82, 2.24) is 0 Å². The van der Waals surface area contributed by atoms with Crippen molar-refractivity contribution in [3.63, 3.8) is 0 Å². The van der Waals surface area contributed by atoms with Crippen molar-refractivity contribution in [3.8, 4) is 0 Å². The van der Waals surface area contributed by atoms with Crippen LogP contribution < -0.4 is 0 Å². The summed E-state index contributed by atoms with van der Waals surface area (Å²) in [5, 5.41) is 0. The first kappa shape index (κ1) is 28.1. The van der Waals surface area contributed by atoms with Gasteiger partial charge in [-0.3, -0.25) is 4.52 Å². The summed E-state index contributed by atoms with van der Waals surface area (Å²) in [4.78, 5) is 18.5. The molecule has 0 spiro atoms. The summed E-state index contributed by atoms with van der Waals surface area (Å²) in [7, 11) is 1.59. The highest BCUT2D eigenvalue weighted by molar-refractivity contribution is 7.46. The molecule has 0 aliphatic carbocycles. The number of hydrogen-bond donors (Lipinski definition) is 2. The Morgan fingerprint density at radius 2 is 1.11 bits per heavy atom. The summed E-state index contributed by atoms with van der Waals surface area (Å²) < 4.78 is 17.1. The highest BCUT2D eigenvalue weighted by Crippen LogP contribution is 2.43. The summed E-state index contributed by atoms with van der Waals surface area (Å²) >= 11 is 0. The quantitative estimate of drug-likeness (QED) is 0.143. The maximum Gasteiger partial charge on any atom is 0.470 e. The Morgan fingerprint density at radius 3 is 1.43 bits per heavy atom. The van der Waals surface area contributed by atoms with Crippen LogP contribution in [0.25, 0.3) is 0 Å². The summed E-state index contributed by atoms with van der Waals surface area (Å²) in [6.07, 6.45) is 18.9.